The fourth-order valence-electron chi connectivity index (χ4n) is 2.04. The molecule has 0 aliphatic carbocycles. The minimum Gasteiger partial charge on any atom is -0.495 e. The van der Waals surface area contributed by atoms with Crippen molar-refractivity contribution in [1.82, 2.24) is 0 Å². The lowest BCUT2D eigenvalue weighted by Gasteiger charge is -2.13. The molecule has 0 atom stereocenters. The molecule has 2 aromatic rings. The molecule has 6 heteroatoms. The zero-order valence-electron chi connectivity index (χ0n) is 13.5. The van der Waals surface area contributed by atoms with E-state index in [0.29, 0.717) is 23.3 Å². The summed E-state index contributed by atoms with van der Waals surface area (Å²) in [5, 5.41) is 3.54. The van der Waals surface area contributed by atoms with Gasteiger partial charge >= 0.3 is 0 Å². The van der Waals surface area contributed by atoms with E-state index in [2.05, 4.69) is 16.4 Å². The molecule has 0 unspecified atom stereocenters. The molecule has 0 aliphatic heterocycles. The summed E-state index contributed by atoms with van der Waals surface area (Å²) in [6.07, 6.45) is 0. The van der Waals surface area contributed by atoms with E-state index >= 15 is 0 Å². The number of ether oxygens (including phenoxy) is 1. The first-order valence-electron chi connectivity index (χ1n) is 7.16. The van der Waals surface area contributed by atoms with E-state index in [1.54, 1.807) is 19.2 Å². The first-order valence-corrected chi connectivity index (χ1v) is 7.54. The Morgan fingerprint density at radius 2 is 2.04 bits per heavy atom. The lowest BCUT2D eigenvalue weighted by molar-refractivity contribution is 0.415. The van der Waals surface area contributed by atoms with Crippen LogP contribution in [0.4, 0.5) is 11.4 Å². The third-order valence-electron chi connectivity index (χ3n) is 3.28. The smallest absolute Gasteiger partial charge is 0.193 e. The van der Waals surface area contributed by atoms with Crippen molar-refractivity contribution in [3.63, 3.8) is 0 Å². The molecule has 5 nitrogen and oxygen atoms in total. The third kappa shape index (κ3) is 4.79. The monoisotopic (exact) mass is 332 g/mol. The molecule has 0 aromatic heterocycles. The second kappa shape index (κ2) is 7.74. The number of aliphatic imine (C=N–C) groups is 1. The number of hydrogen-bond donors (Lipinski definition) is 2. The third-order valence-corrected chi connectivity index (χ3v) is 3.58. The fraction of sp³-hybridized carbons (Fsp3) is 0.235. The van der Waals surface area contributed by atoms with E-state index in [9.17, 15) is 0 Å². The highest BCUT2D eigenvalue weighted by Crippen LogP contribution is 2.27. The Balaban J connectivity index is 2.03. The molecule has 2 aromatic carbocycles. The van der Waals surface area contributed by atoms with Crippen LogP contribution < -0.4 is 20.7 Å². The molecule has 0 saturated carbocycles. The summed E-state index contributed by atoms with van der Waals surface area (Å²) in [4.78, 5) is 6.40. The molecule has 0 amide bonds. The quantitative estimate of drug-likeness (QED) is 0.651. The normalized spacial score (nSPS) is 11.2. The second-order valence-electron chi connectivity index (χ2n) is 5.24. The van der Waals surface area contributed by atoms with Gasteiger partial charge in [0.05, 0.1) is 18.7 Å². The molecule has 0 spiro atoms. The van der Waals surface area contributed by atoms with Gasteiger partial charge in [-0.25, -0.2) is 4.99 Å². The SMILES string of the molecule is COc1ccc(NC(N)=NCc2cccc(N(C)C)c2)cc1Cl. The highest BCUT2D eigenvalue weighted by molar-refractivity contribution is 6.32. The number of nitrogens with two attached hydrogens (primary N) is 1. The molecule has 0 aliphatic rings. The topological polar surface area (TPSA) is 62.9 Å². The van der Waals surface area contributed by atoms with E-state index < -0.39 is 0 Å². The van der Waals surface area contributed by atoms with Crippen LogP contribution in [-0.4, -0.2) is 27.2 Å². The van der Waals surface area contributed by atoms with Crippen LogP contribution in [0.25, 0.3) is 0 Å². The van der Waals surface area contributed by atoms with Gasteiger partial charge in [-0.15, -0.1) is 0 Å². The van der Waals surface area contributed by atoms with E-state index in [0.717, 1.165) is 16.9 Å². The summed E-state index contributed by atoms with van der Waals surface area (Å²) in [6.45, 7) is 0.504. The molecule has 3 N–H and O–H groups in total. The van der Waals surface area contributed by atoms with Gasteiger partial charge in [0.1, 0.15) is 5.75 Å². The minimum absolute atomic E-state index is 0.335. The predicted octanol–water partition coefficient (Wildman–Crippen LogP) is 3.34. The number of hydrogen-bond acceptors (Lipinski definition) is 3. The maximum absolute atomic E-state index is 6.08. The first kappa shape index (κ1) is 17.0. The van der Waals surface area contributed by atoms with Crippen molar-refractivity contribution < 1.29 is 4.74 Å². The predicted molar refractivity (Wildman–Crippen MR) is 97.7 cm³/mol. The Bertz CT molecular complexity index is 701. The highest BCUT2D eigenvalue weighted by atomic mass is 35.5. The van der Waals surface area contributed by atoms with Gasteiger partial charge in [-0.3, -0.25) is 0 Å². The number of rotatable bonds is 5. The molecule has 0 radical (unpaired) electrons. The van der Waals surface area contributed by atoms with Crippen LogP contribution in [0.3, 0.4) is 0 Å². The van der Waals surface area contributed by atoms with Crippen molar-refractivity contribution in [2.24, 2.45) is 10.7 Å². The van der Waals surface area contributed by atoms with E-state index in [4.69, 9.17) is 22.1 Å². The van der Waals surface area contributed by atoms with Crippen molar-refractivity contribution in [3.05, 3.63) is 53.1 Å². The van der Waals surface area contributed by atoms with Crippen molar-refractivity contribution in [2.75, 3.05) is 31.4 Å². The van der Waals surface area contributed by atoms with Gasteiger partial charge in [-0.2, -0.15) is 0 Å². The largest absolute Gasteiger partial charge is 0.495 e. The van der Waals surface area contributed by atoms with Crippen molar-refractivity contribution in [1.29, 1.82) is 0 Å². The molecule has 2 rings (SSSR count). The summed E-state index contributed by atoms with van der Waals surface area (Å²) in [5.74, 6) is 0.953. The zero-order valence-corrected chi connectivity index (χ0v) is 14.3. The summed E-state index contributed by atoms with van der Waals surface area (Å²) in [5.41, 5.74) is 8.91. The average molecular weight is 333 g/mol. The molecule has 0 saturated heterocycles. The van der Waals surface area contributed by atoms with E-state index in [-0.39, 0.29) is 0 Å². The number of methoxy groups -OCH3 is 1. The van der Waals surface area contributed by atoms with Crippen LogP contribution in [0, 0.1) is 0 Å². The number of nitrogens with one attached hydrogen (secondary N) is 1. The summed E-state index contributed by atoms with van der Waals surface area (Å²) < 4.78 is 5.12. The maximum Gasteiger partial charge on any atom is 0.193 e. The van der Waals surface area contributed by atoms with Gasteiger partial charge < -0.3 is 20.7 Å². The van der Waals surface area contributed by atoms with Crippen molar-refractivity contribution in [3.8, 4) is 5.75 Å². The fourth-order valence-corrected chi connectivity index (χ4v) is 2.30. The van der Waals surface area contributed by atoms with Crippen LogP contribution in [0.1, 0.15) is 5.56 Å². The van der Waals surface area contributed by atoms with Crippen LogP contribution in [-0.2, 0) is 6.54 Å². The van der Waals surface area contributed by atoms with Gasteiger partial charge in [-0.05, 0) is 35.9 Å². The van der Waals surface area contributed by atoms with Crippen LogP contribution in [0.5, 0.6) is 5.75 Å². The minimum atomic E-state index is 0.335. The van der Waals surface area contributed by atoms with Crippen LogP contribution >= 0.6 is 11.6 Å². The molecule has 0 heterocycles. The summed E-state index contributed by atoms with van der Waals surface area (Å²) in [7, 11) is 5.59. The Kier molecular flexibility index (Phi) is 5.71. The lowest BCUT2D eigenvalue weighted by Crippen LogP contribution is -2.22. The number of benzene rings is 2. The standard InChI is InChI=1S/C17H21ClN4O/c1-22(2)14-6-4-5-12(9-14)11-20-17(19)21-13-7-8-16(23-3)15(18)10-13/h4-10H,11H2,1-3H3,(H3,19,20,21). The molecule has 23 heavy (non-hydrogen) atoms. The zero-order chi connectivity index (χ0) is 16.8. The lowest BCUT2D eigenvalue weighted by atomic mass is 10.2. The average Bonchev–Trinajstić information content (AvgIpc) is 2.53. The Labute approximate surface area is 141 Å². The Morgan fingerprint density at radius 1 is 1.26 bits per heavy atom. The molecular formula is C17H21ClN4O. The molecule has 0 fully saturated rings. The number of anilines is 2. The van der Waals surface area contributed by atoms with Crippen LogP contribution in [0.2, 0.25) is 5.02 Å². The van der Waals surface area contributed by atoms with Crippen molar-refractivity contribution in [2.45, 2.75) is 6.54 Å². The number of halogens is 1. The van der Waals surface area contributed by atoms with Gasteiger partial charge in [0.2, 0.25) is 0 Å². The van der Waals surface area contributed by atoms with E-state index in [1.807, 2.05) is 43.3 Å². The van der Waals surface area contributed by atoms with Crippen molar-refractivity contribution >= 4 is 28.9 Å². The number of guanidine groups is 1. The van der Waals surface area contributed by atoms with Gasteiger partial charge in [0.15, 0.2) is 5.96 Å². The summed E-state index contributed by atoms with van der Waals surface area (Å²) >= 11 is 6.08. The van der Waals surface area contributed by atoms with Gasteiger partial charge in [0, 0.05) is 25.5 Å². The first-order chi connectivity index (χ1) is 11.0. The Hall–Kier alpha value is -2.40. The summed E-state index contributed by atoms with van der Waals surface area (Å²) in [6, 6.07) is 13.5. The van der Waals surface area contributed by atoms with Gasteiger partial charge in [0.25, 0.3) is 0 Å². The second-order valence-corrected chi connectivity index (χ2v) is 5.65. The highest BCUT2D eigenvalue weighted by Gasteiger charge is 2.03. The van der Waals surface area contributed by atoms with Crippen LogP contribution in [0.15, 0.2) is 47.5 Å². The Morgan fingerprint density at radius 3 is 2.70 bits per heavy atom. The molecular weight excluding hydrogens is 312 g/mol. The maximum atomic E-state index is 6.08. The number of nitrogens with zero attached hydrogens (tertiary/aromatic N) is 2. The van der Waals surface area contributed by atoms with E-state index in [1.165, 1.54) is 0 Å². The molecule has 0 bridgehead atoms. The molecule has 122 valence electrons. The van der Waals surface area contributed by atoms with Gasteiger partial charge in [-0.1, -0.05) is 23.7 Å².